The molecule has 6 nitrogen and oxygen atoms in total. The number of hydrogen-bond donors (Lipinski definition) is 1. The molecule has 1 saturated carbocycles. The summed E-state index contributed by atoms with van der Waals surface area (Å²) in [6, 6.07) is 7.58. The maximum absolute atomic E-state index is 11.9. The minimum atomic E-state index is -0.326. The molecule has 0 spiro atoms. The minimum absolute atomic E-state index is 0. The van der Waals surface area contributed by atoms with Crippen molar-refractivity contribution in [1.29, 1.82) is 0 Å². The second-order valence-electron chi connectivity index (χ2n) is 6.16. The first-order chi connectivity index (χ1) is 11.1. The number of carbonyl (C=O) groups excluding carboxylic acids is 2. The summed E-state index contributed by atoms with van der Waals surface area (Å²) in [5.74, 6) is 0.715. The van der Waals surface area contributed by atoms with Gasteiger partial charge in [-0.1, -0.05) is 6.07 Å². The number of nitrogens with one attached hydrogen (secondary N) is 1. The minimum Gasteiger partial charge on any atom is -0.447 e. The number of hydrogen-bond acceptors (Lipinski definition) is 4. The average Bonchev–Trinajstić information content (AvgIpc) is 3.33. The number of aromatic nitrogens is 1. The largest absolute Gasteiger partial charge is 0.447 e. The Morgan fingerprint density at radius 1 is 1.35 bits per heavy atom. The van der Waals surface area contributed by atoms with Crippen molar-refractivity contribution in [3.05, 3.63) is 30.5 Å². The average molecular weight is 313 g/mol. The van der Waals surface area contributed by atoms with E-state index in [9.17, 15) is 9.59 Å². The number of cyclic esters (lactones) is 1. The van der Waals surface area contributed by atoms with Crippen molar-refractivity contribution in [3.8, 4) is 0 Å². The topological polar surface area (TPSA) is 71.5 Å². The van der Waals surface area contributed by atoms with Gasteiger partial charge in [0, 0.05) is 24.6 Å². The van der Waals surface area contributed by atoms with Crippen molar-refractivity contribution >= 4 is 34.3 Å². The van der Waals surface area contributed by atoms with Crippen LogP contribution in [0, 0.1) is 5.92 Å². The second-order valence-corrected chi connectivity index (χ2v) is 6.16. The lowest BCUT2D eigenvalue weighted by molar-refractivity contribution is -0.117. The molecule has 2 amide bonds. The molecule has 2 fully saturated rings. The molecule has 0 bridgehead atoms. The highest BCUT2D eigenvalue weighted by atomic mass is 16.6. The third-order valence-electron chi connectivity index (χ3n) is 4.27. The predicted octanol–water partition coefficient (Wildman–Crippen LogP) is 3.17. The van der Waals surface area contributed by atoms with Crippen LogP contribution in [-0.4, -0.2) is 29.6 Å². The fourth-order valence-electron chi connectivity index (χ4n) is 2.80. The Morgan fingerprint density at radius 2 is 2.17 bits per heavy atom. The molecule has 1 N–H and O–H groups in total. The monoisotopic (exact) mass is 313 g/mol. The number of anilines is 2. The van der Waals surface area contributed by atoms with Gasteiger partial charge >= 0.3 is 6.09 Å². The van der Waals surface area contributed by atoms with Gasteiger partial charge in [0.1, 0.15) is 12.4 Å². The highest BCUT2D eigenvalue weighted by Crippen LogP contribution is 2.31. The molecular weight excluding hydrogens is 294 g/mol. The van der Waals surface area contributed by atoms with Gasteiger partial charge in [-0.2, -0.15) is 0 Å². The van der Waals surface area contributed by atoms with Crippen LogP contribution in [0.1, 0.15) is 21.2 Å². The quantitative estimate of drug-likeness (QED) is 0.944. The zero-order valence-electron chi connectivity index (χ0n) is 12.8. The van der Waals surface area contributed by atoms with Gasteiger partial charge in [-0.25, -0.2) is 9.78 Å². The smallest absolute Gasteiger partial charge is 0.414 e. The first-order valence-corrected chi connectivity index (χ1v) is 7.78. The van der Waals surface area contributed by atoms with Gasteiger partial charge in [0.25, 0.3) is 0 Å². The molecule has 0 radical (unpaired) electrons. The fourth-order valence-corrected chi connectivity index (χ4v) is 2.80. The number of rotatable bonds is 3. The first-order valence-electron chi connectivity index (χ1n) is 7.78. The Morgan fingerprint density at radius 3 is 2.87 bits per heavy atom. The van der Waals surface area contributed by atoms with E-state index in [1.807, 2.05) is 31.2 Å². The van der Waals surface area contributed by atoms with Crippen LogP contribution < -0.4 is 10.2 Å². The Kier molecular flexibility index (Phi) is 3.18. The molecule has 6 heteroatoms. The highest BCUT2D eigenvalue weighted by molar-refractivity contribution is 5.97. The predicted molar refractivity (Wildman–Crippen MR) is 88.5 cm³/mol. The Labute approximate surface area is 134 Å². The lowest BCUT2D eigenvalue weighted by atomic mass is 10.1. The van der Waals surface area contributed by atoms with Crippen LogP contribution in [0.15, 0.2) is 30.5 Å². The normalized spacial score (nSPS) is 20.7. The van der Waals surface area contributed by atoms with Crippen LogP contribution in [0.5, 0.6) is 0 Å². The summed E-state index contributed by atoms with van der Waals surface area (Å²) in [6.07, 6.45) is 3.32. The lowest BCUT2D eigenvalue weighted by Gasteiger charge is -2.18. The van der Waals surface area contributed by atoms with Crippen LogP contribution in [0.4, 0.5) is 16.3 Å². The van der Waals surface area contributed by atoms with Gasteiger partial charge in [0.15, 0.2) is 0 Å². The summed E-state index contributed by atoms with van der Waals surface area (Å²) in [5, 5.41) is 4.73. The Hall–Kier alpha value is -2.63. The molecule has 120 valence electrons. The third kappa shape index (κ3) is 2.60. The van der Waals surface area contributed by atoms with E-state index in [0.717, 1.165) is 29.3 Å². The maximum atomic E-state index is 11.9. The van der Waals surface area contributed by atoms with Crippen LogP contribution in [0.25, 0.3) is 10.8 Å². The van der Waals surface area contributed by atoms with E-state index < -0.39 is 0 Å². The fraction of sp³-hybridized carbons (Fsp3) is 0.353. The summed E-state index contributed by atoms with van der Waals surface area (Å²) in [7, 11) is 0. The van der Waals surface area contributed by atoms with Gasteiger partial charge < -0.3 is 10.1 Å². The van der Waals surface area contributed by atoms with E-state index in [1.54, 1.807) is 11.1 Å². The van der Waals surface area contributed by atoms with Gasteiger partial charge in [-0.3, -0.25) is 9.69 Å². The van der Waals surface area contributed by atoms with Crippen LogP contribution >= 0.6 is 0 Å². The summed E-state index contributed by atoms with van der Waals surface area (Å²) < 4.78 is 5.07. The molecule has 23 heavy (non-hydrogen) atoms. The number of amides is 2. The second kappa shape index (κ2) is 5.22. The summed E-state index contributed by atoms with van der Waals surface area (Å²) in [6.45, 7) is 2.35. The number of pyridine rings is 1. The Balaban J connectivity index is 0.00000169. The zero-order valence-corrected chi connectivity index (χ0v) is 12.8. The molecule has 2 aromatic rings. The van der Waals surface area contributed by atoms with Gasteiger partial charge in [-0.05, 0) is 43.4 Å². The molecule has 1 aromatic carbocycles. The summed E-state index contributed by atoms with van der Waals surface area (Å²) in [5.41, 5.74) is 0.790. The molecule has 1 aliphatic heterocycles. The number of ether oxygens (including phenoxy) is 1. The van der Waals surface area contributed by atoms with Crippen molar-refractivity contribution in [2.24, 2.45) is 5.92 Å². The molecule has 1 aromatic heterocycles. The van der Waals surface area contributed by atoms with E-state index in [1.165, 1.54) is 0 Å². The zero-order chi connectivity index (χ0) is 16.0. The van der Waals surface area contributed by atoms with E-state index in [2.05, 4.69) is 10.3 Å². The first kappa shape index (κ1) is 14.0. The number of carbonyl (C=O) groups is 2. The molecular formula is C17H19N3O3. The van der Waals surface area contributed by atoms with Crippen LogP contribution in [0.2, 0.25) is 0 Å². The molecule has 0 unspecified atom stereocenters. The van der Waals surface area contributed by atoms with Crippen molar-refractivity contribution in [2.45, 2.75) is 25.8 Å². The maximum Gasteiger partial charge on any atom is 0.414 e. The standard InChI is InChI=1S/C17H17N3O3.H2/c1-10-9-23-17(22)20(10)14-5-4-12-8-18-15(7-13(12)6-14)19-16(21)11-2-3-11;/h4-8,10-11H,2-3,9H2,1H3,(H,18,19,21);1H/t10-;/m0./s1. The third-order valence-corrected chi connectivity index (χ3v) is 4.27. The van der Waals surface area contributed by atoms with Gasteiger partial charge in [0.05, 0.1) is 6.04 Å². The van der Waals surface area contributed by atoms with E-state index in [0.29, 0.717) is 12.4 Å². The van der Waals surface area contributed by atoms with Crippen molar-refractivity contribution < 1.29 is 15.8 Å². The van der Waals surface area contributed by atoms with E-state index >= 15 is 0 Å². The van der Waals surface area contributed by atoms with Gasteiger partial charge in [0.2, 0.25) is 5.91 Å². The molecule has 4 rings (SSSR count). The molecule has 1 saturated heterocycles. The van der Waals surface area contributed by atoms with Crippen molar-refractivity contribution in [1.82, 2.24) is 4.98 Å². The van der Waals surface area contributed by atoms with E-state index in [-0.39, 0.29) is 25.4 Å². The van der Waals surface area contributed by atoms with Gasteiger partial charge in [-0.15, -0.1) is 0 Å². The van der Waals surface area contributed by atoms with E-state index in [4.69, 9.17) is 4.74 Å². The number of benzene rings is 1. The number of fused-ring (bicyclic) bond motifs is 1. The lowest BCUT2D eigenvalue weighted by Crippen LogP contribution is -2.30. The van der Waals surface area contributed by atoms with Crippen molar-refractivity contribution in [2.75, 3.05) is 16.8 Å². The van der Waals surface area contributed by atoms with Crippen molar-refractivity contribution in [3.63, 3.8) is 0 Å². The summed E-state index contributed by atoms with van der Waals surface area (Å²) in [4.78, 5) is 29.6. The molecule has 2 heterocycles. The number of nitrogens with zero attached hydrogens (tertiary/aromatic N) is 2. The highest BCUT2D eigenvalue weighted by Gasteiger charge is 2.31. The summed E-state index contributed by atoms with van der Waals surface area (Å²) >= 11 is 0. The molecule has 1 atom stereocenters. The Bertz CT molecular complexity index is 807. The molecule has 2 aliphatic rings. The SMILES string of the molecule is C[C@H]1COC(=O)N1c1ccc2cnc(NC(=O)C3CC3)cc2c1.[HH]. The molecule has 1 aliphatic carbocycles. The van der Waals surface area contributed by atoms with Crippen LogP contribution in [0.3, 0.4) is 0 Å². The van der Waals surface area contributed by atoms with Crippen LogP contribution in [-0.2, 0) is 9.53 Å².